The van der Waals surface area contributed by atoms with Crippen LogP contribution in [-0.2, 0) is 17.3 Å². The minimum atomic E-state index is 0. The van der Waals surface area contributed by atoms with Crippen LogP contribution in [0.4, 0.5) is 0 Å². The van der Waals surface area contributed by atoms with Gasteiger partial charge in [-0.25, -0.2) is 0 Å². The summed E-state index contributed by atoms with van der Waals surface area (Å²) in [6.07, 6.45) is 1.08. The summed E-state index contributed by atoms with van der Waals surface area (Å²) in [5, 5.41) is 0. The molecule has 0 fully saturated rings. The van der Waals surface area contributed by atoms with E-state index in [1.807, 2.05) is 0 Å². The molecule has 0 saturated heterocycles. The molecule has 0 unspecified atom stereocenters. The average molecular weight is 286 g/mol. The molecule has 2 aromatic carbocycles. The molecule has 1 aliphatic rings. The predicted molar refractivity (Wildman–Crippen MR) is 99.2 cm³/mol. The molecule has 2 aromatic rings. The van der Waals surface area contributed by atoms with Gasteiger partial charge in [0.25, 0.3) is 0 Å². The first-order valence-corrected chi connectivity index (χ1v) is 7.93. The quantitative estimate of drug-likeness (QED) is 0.498. The van der Waals surface area contributed by atoms with Gasteiger partial charge in [-0.1, -0.05) is 77.9 Å². The van der Waals surface area contributed by atoms with Gasteiger partial charge in [-0.05, 0) is 50.6 Å². The van der Waals surface area contributed by atoms with E-state index in [2.05, 4.69) is 77.9 Å². The maximum absolute atomic E-state index is 2.41. The van der Waals surface area contributed by atoms with Crippen LogP contribution in [0.3, 0.4) is 0 Å². The summed E-state index contributed by atoms with van der Waals surface area (Å²) in [6.45, 7) is 13.7. The SMILES string of the molecule is CC(C)(C)c1ccc2c(c1)Cc1cc(C(C)(C)C)ccc1-2.[LiH]. The molecule has 1 heteroatoms. The van der Waals surface area contributed by atoms with E-state index in [-0.39, 0.29) is 29.7 Å². The molecule has 0 radical (unpaired) electrons. The van der Waals surface area contributed by atoms with Crippen molar-refractivity contribution >= 4 is 18.9 Å². The summed E-state index contributed by atoms with van der Waals surface area (Å²) in [6, 6.07) is 14.0. The first-order chi connectivity index (χ1) is 9.66. The molecule has 0 nitrogen and oxygen atoms in total. The van der Waals surface area contributed by atoms with E-state index in [1.54, 1.807) is 0 Å². The van der Waals surface area contributed by atoms with E-state index in [0.717, 1.165) is 6.42 Å². The fraction of sp³-hybridized carbons (Fsp3) is 0.429. The second-order valence-corrected chi connectivity index (χ2v) is 8.42. The van der Waals surface area contributed by atoms with Crippen LogP contribution in [0.15, 0.2) is 36.4 Å². The third-order valence-corrected chi connectivity index (χ3v) is 4.61. The van der Waals surface area contributed by atoms with E-state index in [9.17, 15) is 0 Å². The maximum atomic E-state index is 2.41. The van der Waals surface area contributed by atoms with Crippen molar-refractivity contribution in [1.82, 2.24) is 0 Å². The molecule has 0 N–H and O–H groups in total. The molecule has 0 aromatic heterocycles. The average Bonchev–Trinajstić information content (AvgIpc) is 2.73. The van der Waals surface area contributed by atoms with Crippen molar-refractivity contribution < 1.29 is 0 Å². The molecule has 0 saturated carbocycles. The van der Waals surface area contributed by atoms with Crippen LogP contribution in [0.2, 0.25) is 0 Å². The number of benzene rings is 2. The van der Waals surface area contributed by atoms with E-state index in [1.165, 1.54) is 33.4 Å². The van der Waals surface area contributed by atoms with Gasteiger partial charge in [-0.2, -0.15) is 0 Å². The standard InChI is InChI=1S/C21H26.Li.H/c1-20(2,3)16-7-9-18-14(12-16)11-15-13-17(21(4,5)6)8-10-19(15)18;;/h7-10,12-13H,11H2,1-6H3;;. The third-order valence-electron chi connectivity index (χ3n) is 4.61. The summed E-state index contributed by atoms with van der Waals surface area (Å²) in [5.41, 5.74) is 9.15. The molecule has 0 aliphatic heterocycles. The second kappa shape index (κ2) is 5.59. The third kappa shape index (κ3) is 3.05. The topological polar surface area (TPSA) is 0 Å². The van der Waals surface area contributed by atoms with E-state index in [0.29, 0.717) is 0 Å². The van der Waals surface area contributed by atoms with Crippen molar-refractivity contribution in [1.29, 1.82) is 0 Å². The Hall–Kier alpha value is -0.963. The van der Waals surface area contributed by atoms with Crippen LogP contribution in [0.25, 0.3) is 11.1 Å². The normalized spacial score (nSPS) is 13.4. The van der Waals surface area contributed by atoms with E-state index in [4.69, 9.17) is 0 Å². The van der Waals surface area contributed by atoms with Crippen LogP contribution in [0.1, 0.15) is 63.8 Å². The van der Waals surface area contributed by atoms with Crippen LogP contribution in [0, 0.1) is 0 Å². The van der Waals surface area contributed by atoms with Gasteiger partial charge in [0.2, 0.25) is 0 Å². The van der Waals surface area contributed by atoms with Gasteiger partial charge in [-0.3, -0.25) is 0 Å². The number of rotatable bonds is 0. The Morgan fingerprint density at radius 1 is 0.636 bits per heavy atom. The summed E-state index contributed by atoms with van der Waals surface area (Å²) < 4.78 is 0. The monoisotopic (exact) mass is 286 g/mol. The molecule has 0 amide bonds. The van der Waals surface area contributed by atoms with Crippen molar-refractivity contribution in [2.24, 2.45) is 0 Å². The molecule has 0 atom stereocenters. The van der Waals surface area contributed by atoms with E-state index < -0.39 is 0 Å². The molecule has 112 valence electrons. The molecule has 1 aliphatic carbocycles. The minimum absolute atomic E-state index is 0. The molecule has 0 heterocycles. The van der Waals surface area contributed by atoms with Gasteiger partial charge >= 0.3 is 18.9 Å². The Morgan fingerprint density at radius 3 is 1.32 bits per heavy atom. The van der Waals surface area contributed by atoms with Crippen molar-refractivity contribution in [3.8, 4) is 11.1 Å². The van der Waals surface area contributed by atoms with Gasteiger partial charge in [0.15, 0.2) is 0 Å². The summed E-state index contributed by atoms with van der Waals surface area (Å²) in [4.78, 5) is 0. The Bertz CT molecular complexity index is 635. The van der Waals surface area contributed by atoms with Crippen LogP contribution >= 0.6 is 0 Å². The summed E-state index contributed by atoms with van der Waals surface area (Å²) >= 11 is 0. The van der Waals surface area contributed by atoms with Crippen LogP contribution in [0.5, 0.6) is 0 Å². The van der Waals surface area contributed by atoms with Crippen molar-refractivity contribution in [3.05, 3.63) is 58.7 Å². The fourth-order valence-corrected chi connectivity index (χ4v) is 3.14. The zero-order chi connectivity index (χ0) is 15.4. The second-order valence-electron chi connectivity index (χ2n) is 8.42. The van der Waals surface area contributed by atoms with E-state index >= 15 is 0 Å². The number of hydrogen-bond acceptors (Lipinski definition) is 0. The molecule has 0 spiro atoms. The Kier molecular flexibility index (Phi) is 4.42. The van der Waals surface area contributed by atoms with Gasteiger partial charge in [0, 0.05) is 0 Å². The Morgan fingerprint density at radius 2 is 1.00 bits per heavy atom. The number of hydrogen-bond donors (Lipinski definition) is 0. The molecular weight excluding hydrogens is 259 g/mol. The first-order valence-electron chi connectivity index (χ1n) is 7.93. The zero-order valence-corrected chi connectivity index (χ0v) is 14.2. The Labute approximate surface area is 147 Å². The summed E-state index contributed by atoms with van der Waals surface area (Å²) in [5.74, 6) is 0. The van der Waals surface area contributed by atoms with Crippen LogP contribution < -0.4 is 0 Å². The first kappa shape index (κ1) is 17.4. The van der Waals surface area contributed by atoms with Crippen LogP contribution in [-0.4, -0.2) is 18.9 Å². The van der Waals surface area contributed by atoms with Crippen molar-refractivity contribution in [3.63, 3.8) is 0 Å². The molecular formula is C21H27Li. The Balaban J connectivity index is 0.00000176. The molecule has 0 bridgehead atoms. The zero-order valence-electron chi connectivity index (χ0n) is 14.2. The van der Waals surface area contributed by atoms with Gasteiger partial charge in [0.1, 0.15) is 0 Å². The predicted octanol–water partition coefficient (Wildman–Crippen LogP) is 5.20. The number of fused-ring (bicyclic) bond motifs is 3. The van der Waals surface area contributed by atoms with Gasteiger partial charge in [-0.15, -0.1) is 0 Å². The fourth-order valence-electron chi connectivity index (χ4n) is 3.14. The van der Waals surface area contributed by atoms with Gasteiger partial charge < -0.3 is 0 Å². The molecule has 22 heavy (non-hydrogen) atoms. The van der Waals surface area contributed by atoms with Gasteiger partial charge in [0.05, 0.1) is 0 Å². The van der Waals surface area contributed by atoms with Crippen molar-refractivity contribution in [2.45, 2.75) is 58.8 Å². The molecule has 3 rings (SSSR count). The van der Waals surface area contributed by atoms with Crippen molar-refractivity contribution in [2.75, 3.05) is 0 Å². The summed E-state index contributed by atoms with van der Waals surface area (Å²) in [7, 11) is 0.